The van der Waals surface area contributed by atoms with E-state index in [0.29, 0.717) is 11.3 Å². The summed E-state index contributed by atoms with van der Waals surface area (Å²) in [5, 5.41) is 0.156. The second-order valence-electron chi connectivity index (χ2n) is 4.48. The lowest BCUT2D eigenvalue weighted by Crippen LogP contribution is -2.41. The molecule has 0 aliphatic carbocycles. The largest absolute Gasteiger partial charge is 0.495 e. The molecule has 2 rings (SSSR count). The molecule has 2 aromatic heterocycles. The van der Waals surface area contributed by atoms with Gasteiger partial charge in [0.2, 0.25) is 0 Å². The molecule has 0 saturated heterocycles. The number of pyridine rings is 1. The molecule has 0 aliphatic heterocycles. The predicted molar refractivity (Wildman–Crippen MR) is 74.5 cm³/mol. The van der Waals surface area contributed by atoms with Gasteiger partial charge in [-0.1, -0.05) is 0 Å². The fraction of sp³-hybridized carbons (Fsp3) is 0.385. The van der Waals surface area contributed by atoms with E-state index in [1.165, 1.54) is 32.0 Å². The first-order valence-corrected chi connectivity index (χ1v) is 6.12. The third kappa shape index (κ3) is 2.28. The third-order valence-electron chi connectivity index (χ3n) is 3.20. The van der Waals surface area contributed by atoms with Crippen molar-refractivity contribution in [1.29, 1.82) is 0 Å². The van der Waals surface area contributed by atoms with Gasteiger partial charge < -0.3 is 9.47 Å². The zero-order valence-electron chi connectivity index (χ0n) is 12.2. The second kappa shape index (κ2) is 5.39. The number of carbonyl (C=O) groups is 1. The zero-order chi connectivity index (χ0) is 15.7. The minimum atomic E-state index is -0.687. The van der Waals surface area contributed by atoms with E-state index in [-0.39, 0.29) is 11.0 Å². The van der Waals surface area contributed by atoms with Crippen LogP contribution in [0.3, 0.4) is 0 Å². The molecule has 0 bridgehead atoms. The molecule has 0 saturated carbocycles. The van der Waals surface area contributed by atoms with Crippen molar-refractivity contribution in [2.45, 2.75) is 13.5 Å². The van der Waals surface area contributed by atoms with Crippen LogP contribution in [0.15, 0.2) is 15.8 Å². The third-order valence-corrected chi connectivity index (χ3v) is 3.20. The fourth-order valence-electron chi connectivity index (χ4n) is 2.12. The van der Waals surface area contributed by atoms with E-state index in [0.717, 1.165) is 4.57 Å². The molecule has 112 valence electrons. The minimum Gasteiger partial charge on any atom is -0.495 e. The summed E-state index contributed by atoms with van der Waals surface area (Å²) in [6.07, 6.45) is 1.52. The van der Waals surface area contributed by atoms with Gasteiger partial charge in [-0.3, -0.25) is 14.2 Å². The molecule has 0 aliphatic rings. The summed E-state index contributed by atoms with van der Waals surface area (Å²) in [7, 11) is 4.09. The van der Waals surface area contributed by atoms with Gasteiger partial charge in [-0.2, -0.15) is 0 Å². The monoisotopic (exact) mass is 293 g/mol. The molecule has 0 fully saturated rings. The summed E-state index contributed by atoms with van der Waals surface area (Å²) >= 11 is 0. The Morgan fingerprint density at radius 3 is 2.57 bits per heavy atom. The number of fused-ring (bicyclic) bond motifs is 1. The number of nitrogens with zero attached hydrogens (tertiary/aromatic N) is 3. The molecule has 0 atom stereocenters. The lowest BCUT2D eigenvalue weighted by molar-refractivity contribution is -0.141. The summed E-state index contributed by atoms with van der Waals surface area (Å²) in [6, 6.07) is 0. The van der Waals surface area contributed by atoms with E-state index in [1.807, 2.05) is 0 Å². The number of aryl methyl sites for hydroxylation is 2. The summed E-state index contributed by atoms with van der Waals surface area (Å²) in [6.45, 7) is 1.27. The van der Waals surface area contributed by atoms with Crippen LogP contribution in [0.25, 0.3) is 11.0 Å². The van der Waals surface area contributed by atoms with Gasteiger partial charge in [0, 0.05) is 18.8 Å². The first-order valence-electron chi connectivity index (χ1n) is 6.12. The summed E-state index contributed by atoms with van der Waals surface area (Å²) in [4.78, 5) is 40.2. The molecule has 2 heterocycles. The van der Waals surface area contributed by atoms with E-state index in [9.17, 15) is 14.4 Å². The summed E-state index contributed by atoms with van der Waals surface area (Å²) < 4.78 is 11.7. The fourth-order valence-corrected chi connectivity index (χ4v) is 2.12. The SMILES string of the molecule is COC(=O)Cn1c(=O)c2c(OC)c(C)cnc2n(C)c1=O. The van der Waals surface area contributed by atoms with Crippen molar-refractivity contribution in [1.82, 2.24) is 14.1 Å². The van der Waals surface area contributed by atoms with Crippen LogP contribution in [0.5, 0.6) is 5.75 Å². The van der Waals surface area contributed by atoms with Gasteiger partial charge in [-0.25, -0.2) is 14.3 Å². The van der Waals surface area contributed by atoms with Crippen LogP contribution < -0.4 is 16.0 Å². The molecular formula is C13H15N3O5. The lowest BCUT2D eigenvalue weighted by atomic mass is 10.2. The Balaban J connectivity index is 2.93. The Labute approximate surface area is 119 Å². The van der Waals surface area contributed by atoms with Crippen LogP contribution in [-0.2, 0) is 23.1 Å². The number of rotatable bonds is 3. The number of ether oxygens (including phenoxy) is 2. The van der Waals surface area contributed by atoms with Crippen molar-refractivity contribution in [3.05, 3.63) is 32.6 Å². The van der Waals surface area contributed by atoms with Gasteiger partial charge in [0.15, 0.2) is 5.65 Å². The predicted octanol–water partition coefficient (Wildman–Crippen LogP) is -0.415. The standard InChI is InChI=1S/C13H15N3O5/c1-7-5-14-11-9(10(7)21-4)12(18)16(6-8(17)20-3)13(19)15(11)2/h5H,6H2,1-4H3. The van der Waals surface area contributed by atoms with E-state index in [1.54, 1.807) is 6.92 Å². The average Bonchev–Trinajstić information content (AvgIpc) is 2.48. The van der Waals surface area contributed by atoms with Crippen molar-refractivity contribution in [2.24, 2.45) is 7.05 Å². The number of carbonyl (C=O) groups excluding carboxylic acids is 1. The first-order chi connectivity index (χ1) is 9.92. The maximum atomic E-state index is 12.5. The molecule has 21 heavy (non-hydrogen) atoms. The van der Waals surface area contributed by atoms with Gasteiger partial charge >= 0.3 is 11.7 Å². The highest BCUT2D eigenvalue weighted by Crippen LogP contribution is 2.23. The van der Waals surface area contributed by atoms with Crippen LogP contribution in [-0.4, -0.2) is 34.3 Å². The molecule has 0 spiro atoms. The molecular weight excluding hydrogens is 278 g/mol. The Bertz CT molecular complexity index is 834. The Hall–Kier alpha value is -2.64. The molecule has 8 heteroatoms. The molecule has 0 unspecified atom stereocenters. The molecule has 8 nitrogen and oxygen atoms in total. The summed E-state index contributed by atoms with van der Waals surface area (Å²) in [5.74, 6) is -0.354. The highest BCUT2D eigenvalue weighted by molar-refractivity contribution is 5.82. The van der Waals surface area contributed by atoms with E-state index < -0.39 is 23.8 Å². The van der Waals surface area contributed by atoms with Crippen LogP contribution in [0.1, 0.15) is 5.56 Å². The topological polar surface area (TPSA) is 92.4 Å². The molecule has 0 N–H and O–H groups in total. The van der Waals surface area contributed by atoms with Crippen molar-refractivity contribution < 1.29 is 14.3 Å². The molecule has 0 amide bonds. The van der Waals surface area contributed by atoms with E-state index >= 15 is 0 Å². The Morgan fingerprint density at radius 1 is 1.33 bits per heavy atom. The van der Waals surface area contributed by atoms with Gasteiger partial charge in [0.25, 0.3) is 5.56 Å². The van der Waals surface area contributed by atoms with Crippen molar-refractivity contribution >= 4 is 17.0 Å². The second-order valence-corrected chi connectivity index (χ2v) is 4.48. The molecule has 2 aromatic rings. The normalized spacial score (nSPS) is 10.7. The Kier molecular flexibility index (Phi) is 3.79. The first kappa shape index (κ1) is 14.8. The number of hydrogen-bond donors (Lipinski definition) is 0. The minimum absolute atomic E-state index is 0.156. The maximum Gasteiger partial charge on any atom is 0.332 e. The number of aromatic nitrogens is 3. The van der Waals surface area contributed by atoms with Gasteiger partial charge in [-0.15, -0.1) is 0 Å². The van der Waals surface area contributed by atoms with E-state index in [4.69, 9.17) is 4.74 Å². The van der Waals surface area contributed by atoms with Gasteiger partial charge in [0.05, 0.1) is 14.2 Å². The van der Waals surface area contributed by atoms with Crippen molar-refractivity contribution in [3.63, 3.8) is 0 Å². The highest BCUT2D eigenvalue weighted by atomic mass is 16.5. The van der Waals surface area contributed by atoms with Crippen molar-refractivity contribution in [2.75, 3.05) is 14.2 Å². The van der Waals surface area contributed by atoms with Crippen LogP contribution in [0.2, 0.25) is 0 Å². The summed E-state index contributed by atoms with van der Waals surface area (Å²) in [5.41, 5.74) is -0.415. The van der Waals surface area contributed by atoms with Gasteiger partial charge in [0.1, 0.15) is 17.7 Å². The lowest BCUT2D eigenvalue weighted by Gasteiger charge is -2.12. The highest BCUT2D eigenvalue weighted by Gasteiger charge is 2.19. The number of hydrogen-bond acceptors (Lipinski definition) is 6. The molecule has 0 aromatic carbocycles. The Morgan fingerprint density at radius 2 is 2.00 bits per heavy atom. The zero-order valence-corrected chi connectivity index (χ0v) is 12.2. The molecule has 0 radical (unpaired) electrons. The van der Waals surface area contributed by atoms with Crippen LogP contribution in [0.4, 0.5) is 0 Å². The van der Waals surface area contributed by atoms with Gasteiger partial charge in [-0.05, 0) is 6.92 Å². The van der Waals surface area contributed by atoms with Crippen LogP contribution >= 0.6 is 0 Å². The maximum absolute atomic E-state index is 12.5. The van der Waals surface area contributed by atoms with Crippen molar-refractivity contribution in [3.8, 4) is 5.75 Å². The average molecular weight is 293 g/mol. The van der Waals surface area contributed by atoms with E-state index in [2.05, 4.69) is 9.72 Å². The number of esters is 1. The number of methoxy groups -OCH3 is 2. The quantitative estimate of drug-likeness (QED) is 0.714. The van der Waals surface area contributed by atoms with Crippen LogP contribution in [0, 0.1) is 6.92 Å². The smallest absolute Gasteiger partial charge is 0.332 e.